The smallest absolute Gasteiger partial charge is 0.250 e. The molecule has 3 nitrogen and oxygen atoms in total. The van der Waals surface area contributed by atoms with Crippen molar-refractivity contribution in [3.8, 4) is 0 Å². The molecule has 1 fully saturated rings. The van der Waals surface area contributed by atoms with Gasteiger partial charge in [-0.15, -0.1) is 0 Å². The van der Waals surface area contributed by atoms with Gasteiger partial charge < -0.3 is 4.52 Å². The lowest BCUT2D eigenvalue weighted by Crippen LogP contribution is -2.25. The molecular weight excluding hydrogens is 212 g/mol. The third kappa shape index (κ3) is 2.76. The van der Waals surface area contributed by atoms with E-state index < -0.39 is 0 Å². The maximum absolute atomic E-state index is 5.08. The first-order valence-electron chi connectivity index (χ1n) is 6.46. The average Bonchev–Trinajstić information content (AvgIpc) is 2.76. The molecule has 17 heavy (non-hydrogen) atoms. The Bertz CT molecular complexity index is 381. The van der Waals surface area contributed by atoms with Crippen molar-refractivity contribution in [3.63, 3.8) is 0 Å². The normalized spacial score (nSPS) is 25.8. The Kier molecular flexibility index (Phi) is 3.36. The minimum atomic E-state index is 0.425. The summed E-state index contributed by atoms with van der Waals surface area (Å²) in [5.41, 5.74) is 0.425. The highest BCUT2D eigenvalue weighted by Crippen LogP contribution is 2.42. The van der Waals surface area contributed by atoms with Crippen LogP contribution in [0.4, 0.5) is 0 Å². The summed E-state index contributed by atoms with van der Waals surface area (Å²) < 4.78 is 5.08. The highest BCUT2D eigenvalue weighted by atomic mass is 16.5. The Hall–Kier alpha value is -1.12. The van der Waals surface area contributed by atoms with E-state index >= 15 is 0 Å². The van der Waals surface area contributed by atoms with Crippen molar-refractivity contribution in [2.24, 2.45) is 11.3 Å². The molecule has 1 aromatic heterocycles. The van der Waals surface area contributed by atoms with E-state index in [1.807, 2.05) is 0 Å². The molecule has 0 bridgehead atoms. The number of hydrogen-bond acceptors (Lipinski definition) is 3. The minimum Gasteiger partial charge on any atom is -0.335 e. The Morgan fingerprint density at radius 2 is 1.88 bits per heavy atom. The van der Waals surface area contributed by atoms with E-state index in [4.69, 9.17) is 4.52 Å². The van der Waals surface area contributed by atoms with Crippen LogP contribution in [0.5, 0.6) is 0 Å². The van der Waals surface area contributed by atoms with Gasteiger partial charge in [0.15, 0.2) is 5.82 Å². The Morgan fingerprint density at radius 1 is 1.24 bits per heavy atom. The summed E-state index contributed by atoms with van der Waals surface area (Å²) in [7, 11) is 0. The molecule has 0 atom stereocenters. The van der Waals surface area contributed by atoms with Gasteiger partial charge in [0.2, 0.25) is 5.89 Å². The molecule has 0 aliphatic heterocycles. The van der Waals surface area contributed by atoms with Gasteiger partial charge in [-0.25, -0.2) is 0 Å². The predicted molar refractivity (Wildman–Crippen MR) is 68.5 cm³/mol. The fraction of sp³-hybridized carbons (Fsp3) is 0.714. The number of nitrogens with zero attached hydrogens (tertiary/aromatic N) is 2. The summed E-state index contributed by atoms with van der Waals surface area (Å²) in [6.45, 7) is 10.6. The second-order valence-corrected chi connectivity index (χ2v) is 6.11. The van der Waals surface area contributed by atoms with Crippen molar-refractivity contribution >= 4 is 6.08 Å². The van der Waals surface area contributed by atoms with Gasteiger partial charge in [-0.2, -0.15) is 4.98 Å². The van der Waals surface area contributed by atoms with Crippen LogP contribution in [0, 0.1) is 11.3 Å². The van der Waals surface area contributed by atoms with Crippen LogP contribution >= 0.6 is 0 Å². The summed E-state index contributed by atoms with van der Waals surface area (Å²) in [5, 5.41) is 4.04. The van der Waals surface area contributed by atoms with E-state index in [1.165, 1.54) is 25.7 Å². The number of aromatic nitrogens is 2. The molecular formula is C14H22N2O. The molecule has 2 rings (SSSR count). The van der Waals surface area contributed by atoms with E-state index in [0.29, 0.717) is 17.2 Å². The molecule has 3 heteroatoms. The second-order valence-electron chi connectivity index (χ2n) is 6.11. The standard InChI is InChI=1S/C14H22N2O/c1-5-12-15-13(16-17-12)10-6-8-11(9-7-10)14(2,3)4/h5,10-11H,1,6-9H2,2-4H3. The van der Waals surface area contributed by atoms with Crippen LogP contribution in [-0.4, -0.2) is 10.1 Å². The third-order valence-corrected chi connectivity index (χ3v) is 3.95. The zero-order valence-electron chi connectivity index (χ0n) is 11.1. The lowest BCUT2D eigenvalue weighted by atomic mass is 9.70. The van der Waals surface area contributed by atoms with Crippen LogP contribution < -0.4 is 0 Å². The second kappa shape index (κ2) is 4.63. The molecule has 0 unspecified atom stereocenters. The summed E-state index contributed by atoms with van der Waals surface area (Å²) in [5.74, 6) is 2.71. The largest absolute Gasteiger partial charge is 0.335 e. The summed E-state index contributed by atoms with van der Waals surface area (Å²) in [6, 6.07) is 0. The molecule has 1 aliphatic carbocycles. The van der Waals surface area contributed by atoms with E-state index in [2.05, 4.69) is 37.5 Å². The van der Waals surface area contributed by atoms with E-state index in [1.54, 1.807) is 6.08 Å². The molecule has 1 aromatic rings. The van der Waals surface area contributed by atoms with Gasteiger partial charge >= 0.3 is 0 Å². The SMILES string of the molecule is C=Cc1nc(C2CCC(C(C)(C)C)CC2)no1. The van der Waals surface area contributed by atoms with Gasteiger partial charge in [0.05, 0.1) is 0 Å². The molecule has 1 heterocycles. The zero-order valence-corrected chi connectivity index (χ0v) is 11.1. The van der Waals surface area contributed by atoms with Gasteiger partial charge in [-0.3, -0.25) is 0 Å². The Labute approximate surface area is 103 Å². The monoisotopic (exact) mass is 234 g/mol. The minimum absolute atomic E-state index is 0.425. The van der Waals surface area contributed by atoms with Crippen molar-refractivity contribution in [1.82, 2.24) is 10.1 Å². The van der Waals surface area contributed by atoms with Gasteiger partial charge in [0.25, 0.3) is 0 Å². The maximum Gasteiger partial charge on any atom is 0.250 e. The van der Waals surface area contributed by atoms with Crippen molar-refractivity contribution in [2.75, 3.05) is 0 Å². The quantitative estimate of drug-likeness (QED) is 0.775. The maximum atomic E-state index is 5.08. The van der Waals surface area contributed by atoms with E-state index in [-0.39, 0.29) is 0 Å². The summed E-state index contributed by atoms with van der Waals surface area (Å²) in [6.07, 6.45) is 6.51. The lowest BCUT2D eigenvalue weighted by Gasteiger charge is -2.36. The van der Waals surface area contributed by atoms with Crippen molar-refractivity contribution in [1.29, 1.82) is 0 Å². The van der Waals surface area contributed by atoms with Crippen LogP contribution in [-0.2, 0) is 0 Å². The first kappa shape index (κ1) is 12.3. The molecule has 94 valence electrons. The highest BCUT2D eigenvalue weighted by molar-refractivity contribution is 5.32. The number of hydrogen-bond donors (Lipinski definition) is 0. The van der Waals surface area contributed by atoms with Crippen LogP contribution in [0.2, 0.25) is 0 Å². The van der Waals surface area contributed by atoms with Gasteiger partial charge in [0.1, 0.15) is 0 Å². The summed E-state index contributed by atoms with van der Waals surface area (Å²) >= 11 is 0. The molecule has 0 aromatic carbocycles. The van der Waals surface area contributed by atoms with Crippen LogP contribution in [0.25, 0.3) is 6.08 Å². The fourth-order valence-electron chi connectivity index (χ4n) is 2.71. The van der Waals surface area contributed by atoms with Gasteiger partial charge in [-0.1, -0.05) is 32.5 Å². The molecule has 0 saturated heterocycles. The Morgan fingerprint density at radius 3 is 2.35 bits per heavy atom. The van der Waals surface area contributed by atoms with Crippen molar-refractivity contribution in [3.05, 3.63) is 18.3 Å². The summed E-state index contributed by atoms with van der Waals surface area (Å²) in [4.78, 5) is 4.34. The molecule has 1 aliphatic rings. The highest BCUT2D eigenvalue weighted by Gasteiger charge is 2.31. The molecule has 1 saturated carbocycles. The molecule has 0 amide bonds. The molecule has 0 radical (unpaired) electrons. The number of rotatable bonds is 2. The third-order valence-electron chi connectivity index (χ3n) is 3.95. The molecule has 0 spiro atoms. The van der Waals surface area contributed by atoms with Crippen LogP contribution in [0.15, 0.2) is 11.1 Å². The van der Waals surface area contributed by atoms with Crippen LogP contribution in [0.1, 0.15) is 64.1 Å². The van der Waals surface area contributed by atoms with Crippen molar-refractivity contribution in [2.45, 2.75) is 52.4 Å². The topological polar surface area (TPSA) is 38.9 Å². The first-order chi connectivity index (χ1) is 8.00. The zero-order chi connectivity index (χ0) is 12.5. The average molecular weight is 234 g/mol. The van der Waals surface area contributed by atoms with E-state index in [9.17, 15) is 0 Å². The van der Waals surface area contributed by atoms with E-state index in [0.717, 1.165) is 11.7 Å². The van der Waals surface area contributed by atoms with Gasteiger partial charge in [0, 0.05) is 5.92 Å². The van der Waals surface area contributed by atoms with Crippen molar-refractivity contribution < 1.29 is 4.52 Å². The first-order valence-corrected chi connectivity index (χ1v) is 6.46. The van der Waals surface area contributed by atoms with Gasteiger partial charge in [-0.05, 0) is 43.1 Å². The lowest BCUT2D eigenvalue weighted by molar-refractivity contribution is 0.166. The predicted octanol–water partition coefficient (Wildman–Crippen LogP) is 4.03. The molecule has 0 N–H and O–H groups in total. The van der Waals surface area contributed by atoms with Crippen LogP contribution in [0.3, 0.4) is 0 Å². The fourth-order valence-corrected chi connectivity index (χ4v) is 2.71. The Balaban J connectivity index is 1.97.